The Hall–Kier alpha value is -1.79. The Morgan fingerprint density at radius 1 is 1.40 bits per heavy atom. The van der Waals surface area contributed by atoms with Gasteiger partial charge in [-0.05, 0) is 25.5 Å². The maximum atomic E-state index is 5.49. The molecule has 0 spiro atoms. The number of thiazole rings is 1. The number of nitrogens with zero attached hydrogens (tertiary/aromatic N) is 4. The van der Waals surface area contributed by atoms with Crippen LogP contribution >= 0.6 is 11.3 Å². The third kappa shape index (κ3) is 1.83. The summed E-state index contributed by atoms with van der Waals surface area (Å²) >= 11 is 1.65. The molecule has 102 valence electrons. The molecule has 1 atom stereocenters. The van der Waals surface area contributed by atoms with E-state index >= 15 is 0 Å². The van der Waals surface area contributed by atoms with Gasteiger partial charge in [0.2, 0.25) is 0 Å². The van der Waals surface area contributed by atoms with E-state index in [0.29, 0.717) is 6.61 Å². The van der Waals surface area contributed by atoms with Crippen molar-refractivity contribution in [3.63, 3.8) is 0 Å². The first kappa shape index (κ1) is 12.0. The summed E-state index contributed by atoms with van der Waals surface area (Å²) in [5.74, 6) is 1.72. The molecule has 20 heavy (non-hydrogen) atoms. The molecule has 0 N–H and O–H groups in total. The van der Waals surface area contributed by atoms with E-state index in [9.17, 15) is 0 Å². The van der Waals surface area contributed by atoms with Gasteiger partial charge in [0.15, 0.2) is 5.82 Å². The zero-order valence-electron chi connectivity index (χ0n) is 11.1. The fourth-order valence-electron chi connectivity index (χ4n) is 2.65. The Bertz CT molecular complexity index is 757. The molecule has 0 aliphatic carbocycles. The van der Waals surface area contributed by atoms with Crippen LogP contribution in [0.3, 0.4) is 0 Å². The molecule has 4 rings (SSSR count). The lowest BCUT2D eigenvalue weighted by Crippen LogP contribution is -2.12. The van der Waals surface area contributed by atoms with Crippen molar-refractivity contribution < 1.29 is 4.74 Å². The topological polar surface area (TPSA) is 52.8 Å². The molecule has 5 nitrogen and oxygen atoms in total. The molecule has 2 aromatic heterocycles. The molecule has 3 heterocycles. The van der Waals surface area contributed by atoms with Gasteiger partial charge in [0.1, 0.15) is 5.82 Å². The minimum absolute atomic E-state index is 0.286. The van der Waals surface area contributed by atoms with Crippen molar-refractivity contribution >= 4 is 21.6 Å². The Morgan fingerprint density at radius 3 is 3.20 bits per heavy atom. The molecule has 1 unspecified atom stereocenters. The second-order valence-corrected chi connectivity index (χ2v) is 5.81. The summed E-state index contributed by atoms with van der Waals surface area (Å²) in [7, 11) is 0. The van der Waals surface area contributed by atoms with Crippen LogP contribution in [0.2, 0.25) is 0 Å². The first-order valence-electron chi connectivity index (χ1n) is 6.66. The van der Waals surface area contributed by atoms with Gasteiger partial charge in [-0.2, -0.15) is 5.10 Å². The first-order valence-corrected chi connectivity index (χ1v) is 7.54. The Morgan fingerprint density at radius 2 is 2.35 bits per heavy atom. The lowest BCUT2D eigenvalue weighted by molar-refractivity contribution is 0.184. The highest BCUT2D eigenvalue weighted by atomic mass is 32.1. The maximum Gasteiger partial charge on any atom is 0.160 e. The third-order valence-electron chi connectivity index (χ3n) is 3.59. The van der Waals surface area contributed by atoms with Crippen LogP contribution in [0.5, 0.6) is 0 Å². The Labute approximate surface area is 120 Å². The minimum Gasteiger partial charge on any atom is -0.379 e. The average Bonchev–Trinajstić information content (AvgIpc) is 3.17. The molecule has 1 aliphatic rings. The largest absolute Gasteiger partial charge is 0.379 e. The number of hydrogen-bond acceptors (Lipinski definition) is 5. The number of rotatable bonds is 2. The summed E-state index contributed by atoms with van der Waals surface area (Å²) in [4.78, 5) is 9.01. The van der Waals surface area contributed by atoms with Gasteiger partial charge in [0.05, 0.1) is 28.4 Å². The third-order valence-corrected chi connectivity index (χ3v) is 4.46. The van der Waals surface area contributed by atoms with E-state index in [1.165, 1.54) is 4.70 Å². The molecule has 0 bridgehead atoms. The van der Waals surface area contributed by atoms with E-state index in [-0.39, 0.29) is 6.04 Å². The van der Waals surface area contributed by atoms with Crippen molar-refractivity contribution in [2.75, 3.05) is 13.2 Å². The summed E-state index contributed by atoms with van der Waals surface area (Å²) in [5, 5.41) is 4.57. The minimum atomic E-state index is 0.286. The van der Waals surface area contributed by atoms with Gasteiger partial charge >= 0.3 is 0 Å². The van der Waals surface area contributed by atoms with Crippen LogP contribution in [-0.4, -0.2) is 33.0 Å². The van der Waals surface area contributed by atoms with Crippen molar-refractivity contribution in [1.29, 1.82) is 0 Å². The molecular formula is C14H14N4OS. The number of ether oxygens (including phenoxy) is 1. The molecular weight excluding hydrogens is 272 g/mol. The normalized spacial score (nSPS) is 18.9. The van der Waals surface area contributed by atoms with Crippen LogP contribution in [0.4, 0.5) is 0 Å². The fraction of sp³-hybridized carbons (Fsp3) is 0.357. The smallest absolute Gasteiger partial charge is 0.160 e. The Balaban J connectivity index is 1.91. The molecule has 1 fully saturated rings. The van der Waals surface area contributed by atoms with Crippen molar-refractivity contribution in [3.8, 4) is 11.4 Å². The molecule has 0 saturated carbocycles. The van der Waals surface area contributed by atoms with Gasteiger partial charge in [0, 0.05) is 12.2 Å². The van der Waals surface area contributed by atoms with Crippen LogP contribution in [-0.2, 0) is 4.74 Å². The van der Waals surface area contributed by atoms with E-state index in [4.69, 9.17) is 4.74 Å². The number of hydrogen-bond donors (Lipinski definition) is 0. The zero-order chi connectivity index (χ0) is 13.5. The molecule has 0 radical (unpaired) electrons. The van der Waals surface area contributed by atoms with Gasteiger partial charge in [-0.3, -0.25) is 0 Å². The van der Waals surface area contributed by atoms with Crippen molar-refractivity contribution in [1.82, 2.24) is 19.7 Å². The molecule has 1 aromatic carbocycles. The summed E-state index contributed by atoms with van der Waals surface area (Å²) in [5.41, 5.74) is 4.00. The van der Waals surface area contributed by atoms with Crippen LogP contribution in [0.1, 0.15) is 18.3 Å². The SMILES string of the molecule is Cc1nc(-c2cccc3ncsc23)n(C2CCOC2)n1. The molecule has 6 heteroatoms. The highest BCUT2D eigenvalue weighted by Gasteiger charge is 2.24. The lowest BCUT2D eigenvalue weighted by atomic mass is 10.2. The molecule has 1 aliphatic heterocycles. The molecule has 0 amide bonds. The number of aromatic nitrogens is 4. The van der Waals surface area contributed by atoms with E-state index in [1.807, 2.05) is 29.2 Å². The van der Waals surface area contributed by atoms with Crippen molar-refractivity contribution in [2.45, 2.75) is 19.4 Å². The van der Waals surface area contributed by atoms with Crippen LogP contribution in [0, 0.1) is 6.92 Å². The number of fused-ring (bicyclic) bond motifs is 1. The van der Waals surface area contributed by atoms with Crippen LogP contribution < -0.4 is 0 Å². The number of aryl methyl sites for hydroxylation is 1. The lowest BCUT2D eigenvalue weighted by Gasteiger charge is -2.11. The predicted molar refractivity (Wildman–Crippen MR) is 77.8 cm³/mol. The van der Waals surface area contributed by atoms with Gasteiger partial charge < -0.3 is 4.74 Å². The van der Waals surface area contributed by atoms with E-state index in [1.54, 1.807) is 11.3 Å². The van der Waals surface area contributed by atoms with Crippen LogP contribution in [0.25, 0.3) is 21.6 Å². The summed E-state index contributed by atoms with van der Waals surface area (Å²) < 4.78 is 8.68. The zero-order valence-corrected chi connectivity index (χ0v) is 11.9. The highest BCUT2D eigenvalue weighted by Crippen LogP contribution is 2.32. The highest BCUT2D eigenvalue weighted by molar-refractivity contribution is 7.17. The maximum absolute atomic E-state index is 5.49. The Kier molecular flexibility index (Phi) is 2.78. The van der Waals surface area contributed by atoms with Gasteiger partial charge in [-0.15, -0.1) is 11.3 Å². The van der Waals surface area contributed by atoms with E-state index in [2.05, 4.69) is 21.1 Å². The van der Waals surface area contributed by atoms with Gasteiger partial charge in [0.25, 0.3) is 0 Å². The van der Waals surface area contributed by atoms with E-state index < -0.39 is 0 Å². The van der Waals surface area contributed by atoms with Gasteiger partial charge in [-0.1, -0.05) is 6.07 Å². The monoisotopic (exact) mass is 286 g/mol. The standard InChI is InChI=1S/C14H14N4OS/c1-9-16-14(18(17-9)10-5-6-19-7-10)11-3-2-4-12-13(11)20-8-15-12/h2-4,8,10H,5-7H2,1H3. The predicted octanol–water partition coefficient (Wildman–Crippen LogP) is 2.82. The average molecular weight is 286 g/mol. The summed E-state index contributed by atoms with van der Waals surface area (Å²) in [6.45, 7) is 3.45. The van der Waals surface area contributed by atoms with Gasteiger partial charge in [-0.25, -0.2) is 14.6 Å². The fourth-order valence-corrected chi connectivity index (χ4v) is 3.45. The summed E-state index contributed by atoms with van der Waals surface area (Å²) in [6, 6.07) is 6.43. The van der Waals surface area contributed by atoms with E-state index in [0.717, 1.165) is 35.8 Å². The van der Waals surface area contributed by atoms with Crippen molar-refractivity contribution in [2.24, 2.45) is 0 Å². The molecule has 3 aromatic rings. The quantitative estimate of drug-likeness (QED) is 0.727. The number of benzene rings is 1. The summed E-state index contributed by atoms with van der Waals surface area (Å²) in [6.07, 6.45) is 0.995. The van der Waals surface area contributed by atoms with Crippen molar-refractivity contribution in [3.05, 3.63) is 29.5 Å². The first-order chi connectivity index (χ1) is 9.83. The second kappa shape index (κ2) is 4.64. The second-order valence-electron chi connectivity index (χ2n) is 4.95. The molecule has 1 saturated heterocycles. The van der Waals surface area contributed by atoms with Crippen LogP contribution in [0.15, 0.2) is 23.7 Å².